The highest BCUT2D eigenvalue weighted by molar-refractivity contribution is 6.30. The van der Waals surface area contributed by atoms with Crippen molar-refractivity contribution in [1.82, 2.24) is 10.2 Å². The van der Waals surface area contributed by atoms with Crippen molar-refractivity contribution < 1.29 is 9.18 Å². The quantitative estimate of drug-likeness (QED) is 0.924. The molecule has 5 heteroatoms. The maximum absolute atomic E-state index is 15.4. The molecule has 1 unspecified atom stereocenters. The van der Waals surface area contributed by atoms with Crippen molar-refractivity contribution in [2.45, 2.75) is 43.3 Å². The number of amides is 1. The second-order valence-electron chi connectivity index (χ2n) is 6.97. The minimum Gasteiger partial charge on any atom is -0.346 e. The summed E-state index contributed by atoms with van der Waals surface area (Å²) < 4.78 is 15.4. The molecule has 118 valence electrons. The van der Waals surface area contributed by atoms with Gasteiger partial charge in [0.2, 0.25) is 5.67 Å². The molecule has 2 aliphatic carbocycles. The molecule has 1 saturated carbocycles. The molecule has 1 atom stereocenters. The Balaban J connectivity index is 1.51. The van der Waals surface area contributed by atoms with Crippen LogP contribution >= 0.6 is 11.6 Å². The zero-order chi connectivity index (χ0) is 15.4. The average molecular weight is 323 g/mol. The number of hydrogen-bond acceptors (Lipinski definition) is 2. The third-order valence-electron chi connectivity index (χ3n) is 5.30. The molecule has 0 spiro atoms. The summed E-state index contributed by atoms with van der Waals surface area (Å²) in [5.74, 6) is -0.466. The number of likely N-dealkylation sites (tertiary alicyclic amines) is 1. The Bertz CT molecular complexity index is 627. The molecule has 3 nitrogen and oxygen atoms in total. The SMILES string of the molecule is O=C(NC1(CN2CCC2)CC1)C1(F)CCc2cc(Cl)ccc21. The second-order valence-corrected chi connectivity index (χ2v) is 7.40. The summed E-state index contributed by atoms with van der Waals surface area (Å²) >= 11 is 5.96. The van der Waals surface area contributed by atoms with Crippen LogP contribution in [0.15, 0.2) is 18.2 Å². The largest absolute Gasteiger partial charge is 0.346 e. The molecule has 22 heavy (non-hydrogen) atoms. The molecule has 0 radical (unpaired) electrons. The minimum absolute atomic E-state index is 0.189. The lowest BCUT2D eigenvalue weighted by Crippen LogP contribution is -2.53. The van der Waals surface area contributed by atoms with Crippen molar-refractivity contribution in [2.75, 3.05) is 19.6 Å². The van der Waals surface area contributed by atoms with Crippen LogP contribution in [0.2, 0.25) is 5.02 Å². The first-order valence-electron chi connectivity index (χ1n) is 8.04. The van der Waals surface area contributed by atoms with Gasteiger partial charge in [0.15, 0.2) is 0 Å². The number of benzene rings is 1. The molecule has 0 aromatic heterocycles. The molecule has 2 fully saturated rings. The number of halogens is 2. The highest BCUT2D eigenvalue weighted by Gasteiger charge is 2.52. The number of nitrogens with zero attached hydrogens (tertiary/aromatic N) is 1. The molecule has 1 amide bonds. The van der Waals surface area contributed by atoms with Gasteiger partial charge in [0.25, 0.3) is 5.91 Å². The number of rotatable bonds is 4. The first-order chi connectivity index (χ1) is 10.5. The molecule has 1 aliphatic heterocycles. The number of hydrogen-bond donors (Lipinski definition) is 1. The van der Waals surface area contributed by atoms with E-state index in [4.69, 9.17) is 11.6 Å². The van der Waals surface area contributed by atoms with Crippen LogP contribution in [0.5, 0.6) is 0 Å². The zero-order valence-electron chi connectivity index (χ0n) is 12.5. The van der Waals surface area contributed by atoms with Gasteiger partial charge in [-0.15, -0.1) is 0 Å². The number of nitrogens with one attached hydrogen (secondary N) is 1. The van der Waals surface area contributed by atoms with E-state index in [-0.39, 0.29) is 12.0 Å². The van der Waals surface area contributed by atoms with E-state index in [1.54, 1.807) is 18.2 Å². The third-order valence-corrected chi connectivity index (χ3v) is 5.54. The Kier molecular flexibility index (Phi) is 3.24. The summed E-state index contributed by atoms with van der Waals surface area (Å²) in [6.07, 6.45) is 3.93. The standard InChI is InChI=1S/C17H20ClFN2O/c18-13-2-3-14-12(10-13)4-5-17(14,19)15(22)20-16(6-7-16)11-21-8-1-9-21/h2-3,10H,1,4-9,11H2,(H,20,22). The van der Waals surface area contributed by atoms with Crippen LogP contribution in [0.4, 0.5) is 4.39 Å². The topological polar surface area (TPSA) is 32.3 Å². The Morgan fingerprint density at radius 1 is 1.32 bits per heavy atom. The van der Waals surface area contributed by atoms with Gasteiger partial charge in [0, 0.05) is 17.1 Å². The normalized spacial score (nSPS) is 28.8. The number of aryl methyl sites for hydroxylation is 1. The van der Waals surface area contributed by atoms with Crippen LogP contribution in [0.25, 0.3) is 0 Å². The number of carbonyl (C=O) groups excluding carboxylic acids is 1. The van der Waals surface area contributed by atoms with Crippen LogP contribution in [0.1, 0.15) is 36.8 Å². The van der Waals surface area contributed by atoms with E-state index in [0.29, 0.717) is 17.0 Å². The monoisotopic (exact) mass is 322 g/mol. The molecule has 1 N–H and O–H groups in total. The van der Waals surface area contributed by atoms with Crippen molar-refractivity contribution in [3.05, 3.63) is 34.3 Å². The van der Waals surface area contributed by atoms with Crippen molar-refractivity contribution in [3.63, 3.8) is 0 Å². The second kappa shape index (κ2) is 4.93. The Hall–Kier alpha value is -1.13. The third kappa shape index (κ3) is 2.33. The van der Waals surface area contributed by atoms with Crippen LogP contribution < -0.4 is 5.32 Å². The lowest BCUT2D eigenvalue weighted by Gasteiger charge is -2.35. The van der Waals surface area contributed by atoms with Gasteiger partial charge in [-0.25, -0.2) is 4.39 Å². The van der Waals surface area contributed by atoms with Crippen LogP contribution in [0, 0.1) is 0 Å². The molecule has 4 rings (SSSR count). The number of alkyl halides is 1. The molecule has 1 heterocycles. The molecule has 1 saturated heterocycles. The van der Waals surface area contributed by atoms with Gasteiger partial charge < -0.3 is 10.2 Å². The summed E-state index contributed by atoms with van der Waals surface area (Å²) in [6, 6.07) is 5.11. The smallest absolute Gasteiger partial charge is 0.262 e. The van der Waals surface area contributed by atoms with E-state index < -0.39 is 11.6 Å². The first-order valence-corrected chi connectivity index (χ1v) is 8.41. The lowest BCUT2D eigenvalue weighted by molar-refractivity contribution is -0.134. The number of carbonyl (C=O) groups is 1. The van der Waals surface area contributed by atoms with E-state index in [1.165, 1.54) is 6.42 Å². The average Bonchev–Trinajstić information content (AvgIpc) is 3.12. The highest BCUT2D eigenvalue weighted by Crippen LogP contribution is 2.44. The Morgan fingerprint density at radius 3 is 2.73 bits per heavy atom. The van der Waals surface area contributed by atoms with Crippen molar-refractivity contribution in [2.24, 2.45) is 0 Å². The Morgan fingerprint density at radius 2 is 2.09 bits per heavy atom. The fourth-order valence-electron chi connectivity index (χ4n) is 3.61. The highest BCUT2D eigenvalue weighted by atomic mass is 35.5. The van der Waals surface area contributed by atoms with E-state index in [0.717, 1.165) is 38.0 Å². The van der Waals surface area contributed by atoms with Gasteiger partial charge in [-0.1, -0.05) is 17.7 Å². The van der Waals surface area contributed by atoms with E-state index in [9.17, 15) is 4.79 Å². The fourth-order valence-corrected chi connectivity index (χ4v) is 3.81. The number of fused-ring (bicyclic) bond motifs is 1. The summed E-state index contributed by atoms with van der Waals surface area (Å²) in [4.78, 5) is 15.0. The lowest BCUT2D eigenvalue weighted by atomic mass is 9.96. The predicted octanol–water partition coefficient (Wildman–Crippen LogP) is 2.81. The molecular weight excluding hydrogens is 303 g/mol. The van der Waals surface area contributed by atoms with E-state index in [1.807, 2.05) is 0 Å². The molecule has 0 bridgehead atoms. The van der Waals surface area contributed by atoms with E-state index in [2.05, 4.69) is 10.2 Å². The van der Waals surface area contributed by atoms with Gasteiger partial charge in [-0.3, -0.25) is 4.79 Å². The minimum atomic E-state index is -1.90. The summed E-state index contributed by atoms with van der Waals surface area (Å²) in [5, 5.41) is 3.61. The summed E-state index contributed by atoms with van der Waals surface area (Å²) in [5.41, 5.74) is -0.733. The van der Waals surface area contributed by atoms with Crippen LogP contribution in [-0.4, -0.2) is 36.0 Å². The van der Waals surface area contributed by atoms with Crippen LogP contribution in [-0.2, 0) is 16.9 Å². The van der Waals surface area contributed by atoms with Crippen LogP contribution in [0.3, 0.4) is 0 Å². The zero-order valence-corrected chi connectivity index (χ0v) is 13.3. The van der Waals surface area contributed by atoms with Crippen molar-refractivity contribution >= 4 is 17.5 Å². The van der Waals surface area contributed by atoms with Gasteiger partial charge in [-0.2, -0.15) is 0 Å². The van der Waals surface area contributed by atoms with Gasteiger partial charge in [-0.05, 0) is 62.9 Å². The molecule has 1 aromatic carbocycles. The van der Waals surface area contributed by atoms with Gasteiger partial charge >= 0.3 is 0 Å². The fraction of sp³-hybridized carbons (Fsp3) is 0.588. The van der Waals surface area contributed by atoms with E-state index >= 15 is 4.39 Å². The maximum Gasteiger partial charge on any atom is 0.262 e. The Labute approximate surface area is 134 Å². The van der Waals surface area contributed by atoms with Crippen molar-refractivity contribution in [3.8, 4) is 0 Å². The van der Waals surface area contributed by atoms with Gasteiger partial charge in [0.05, 0.1) is 5.54 Å². The molecule has 1 aromatic rings. The predicted molar refractivity (Wildman–Crippen MR) is 83.7 cm³/mol. The van der Waals surface area contributed by atoms with Gasteiger partial charge in [0.1, 0.15) is 0 Å². The van der Waals surface area contributed by atoms with Crippen molar-refractivity contribution in [1.29, 1.82) is 0 Å². The first kappa shape index (κ1) is 14.5. The molecular formula is C17H20ClFN2O. The maximum atomic E-state index is 15.4. The summed E-state index contributed by atoms with van der Waals surface area (Å²) in [7, 11) is 0. The molecule has 3 aliphatic rings. The summed E-state index contributed by atoms with van der Waals surface area (Å²) in [6.45, 7) is 3.06.